The molecule has 0 aromatic rings. The Hall–Kier alpha value is 0.340. The number of carbonyl (C=O) groups is 1. The molecule has 68 valence electrons. The van der Waals surface area contributed by atoms with E-state index in [-0.39, 0.29) is 0 Å². The van der Waals surface area contributed by atoms with E-state index in [1.54, 1.807) is 6.92 Å². The minimum atomic E-state index is -1.82. The maximum Gasteiger partial charge on any atom is 0.272 e. The van der Waals surface area contributed by atoms with Crippen molar-refractivity contribution in [1.82, 2.24) is 5.32 Å². The van der Waals surface area contributed by atoms with Crippen LogP contribution in [0.4, 0.5) is 0 Å². The third-order valence-corrected chi connectivity index (χ3v) is 1.11. The van der Waals surface area contributed by atoms with Crippen LogP contribution in [0.5, 0.6) is 0 Å². The van der Waals surface area contributed by atoms with E-state index in [0.29, 0.717) is 6.54 Å². The molecule has 0 rings (SSSR count). The van der Waals surface area contributed by atoms with Crippen molar-refractivity contribution in [3.63, 3.8) is 0 Å². The molecule has 5 heteroatoms. The molecule has 0 atom stereocenters. The smallest absolute Gasteiger partial charge is 0.272 e. The molecule has 0 aliphatic heterocycles. The molecule has 11 heavy (non-hydrogen) atoms. The molecule has 0 spiro atoms. The Morgan fingerprint density at radius 2 is 1.73 bits per heavy atom. The van der Waals surface area contributed by atoms with E-state index in [0.717, 1.165) is 0 Å². The summed E-state index contributed by atoms with van der Waals surface area (Å²) >= 11 is 15.5. The first-order valence-electron chi connectivity index (χ1n) is 3.33. The first kappa shape index (κ1) is 13.9. The minimum Gasteiger partial charge on any atom is -0.353 e. The zero-order chi connectivity index (χ0) is 9.49. The van der Waals surface area contributed by atoms with Crippen molar-refractivity contribution in [2.75, 3.05) is 6.54 Å². The number of carbonyl (C=O) groups excluding carboxylic acids is 1. The normalized spacial score (nSPS) is 9.64. The zero-order valence-corrected chi connectivity index (χ0v) is 9.02. The average molecular weight is 221 g/mol. The monoisotopic (exact) mass is 219 g/mol. The van der Waals surface area contributed by atoms with Crippen molar-refractivity contribution in [2.45, 2.75) is 24.6 Å². The fourth-order valence-electron chi connectivity index (χ4n) is 0.261. The topological polar surface area (TPSA) is 29.1 Å². The molecule has 0 unspecified atom stereocenters. The van der Waals surface area contributed by atoms with Crippen LogP contribution in [0.25, 0.3) is 0 Å². The highest BCUT2D eigenvalue weighted by Crippen LogP contribution is 2.25. The molecule has 0 aromatic carbocycles. The van der Waals surface area contributed by atoms with Crippen LogP contribution in [0.15, 0.2) is 0 Å². The Morgan fingerprint density at radius 3 is 1.82 bits per heavy atom. The third-order valence-electron chi connectivity index (χ3n) is 0.595. The molecule has 0 aliphatic carbocycles. The molecule has 1 amide bonds. The molecule has 1 N–H and O–H groups in total. The third kappa shape index (κ3) is 8.24. The summed E-state index contributed by atoms with van der Waals surface area (Å²) in [4.78, 5) is 10.6. The van der Waals surface area contributed by atoms with Gasteiger partial charge in [-0.25, -0.2) is 0 Å². The predicted octanol–water partition coefficient (Wildman–Crippen LogP) is 2.52. The molecule has 0 aliphatic rings. The lowest BCUT2D eigenvalue weighted by atomic mass is 10.6. The molecule has 0 saturated heterocycles. The van der Waals surface area contributed by atoms with Crippen molar-refractivity contribution >= 4 is 40.7 Å². The quantitative estimate of drug-likeness (QED) is 0.676. The van der Waals surface area contributed by atoms with E-state index in [4.69, 9.17) is 34.8 Å². The SMILES string of the molecule is CC.CCNC(=O)C(Cl)(Cl)Cl. The molecule has 0 heterocycles. The molecular weight excluding hydrogens is 208 g/mol. The summed E-state index contributed by atoms with van der Waals surface area (Å²) in [5.41, 5.74) is 0. The van der Waals surface area contributed by atoms with E-state index in [1.807, 2.05) is 13.8 Å². The maximum absolute atomic E-state index is 10.6. The van der Waals surface area contributed by atoms with Gasteiger partial charge in [0.1, 0.15) is 0 Å². The summed E-state index contributed by atoms with van der Waals surface area (Å²) in [6.07, 6.45) is 0. The van der Waals surface area contributed by atoms with Crippen molar-refractivity contribution in [3.8, 4) is 0 Å². The van der Waals surface area contributed by atoms with Gasteiger partial charge in [0, 0.05) is 6.54 Å². The highest BCUT2D eigenvalue weighted by Gasteiger charge is 2.29. The van der Waals surface area contributed by atoms with Gasteiger partial charge in [0.2, 0.25) is 0 Å². The fourth-order valence-corrected chi connectivity index (χ4v) is 0.461. The fraction of sp³-hybridized carbons (Fsp3) is 0.833. The van der Waals surface area contributed by atoms with Crippen LogP contribution in [-0.2, 0) is 4.79 Å². The van der Waals surface area contributed by atoms with Crippen LogP contribution in [0.3, 0.4) is 0 Å². The molecule has 0 bridgehead atoms. The van der Waals surface area contributed by atoms with Gasteiger partial charge < -0.3 is 5.32 Å². The summed E-state index contributed by atoms with van der Waals surface area (Å²) in [7, 11) is 0. The average Bonchev–Trinajstić information content (AvgIpc) is 1.91. The summed E-state index contributed by atoms with van der Waals surface area (Å²) in [5, 5.41) is 2.35. The van der Waals surface area contributed by atoms with Gasteiger partial charge in [-0.2, -0.15) is 0 Å². The summed E-state index contributed by atoms with van der Waals surface area (Å²) in [5.74, 6) is -0.588. The van der Waals surface area contributed by atoms with Crippen LogP contribution in [0.1, 0.15) is 20.8 Å². The number of alkyl halides is 3. The number of rotatable bonds is 1. The lowest BCUT2D eigenvalue weighted by molar-refractivity contribution is -0.120. The van der Waals surface area contributed by atoms with Crippen LogP contribution < -0.4 is 5.32 Å². The van der Waals surface area contributed by atoms with Gasteiger partial charge >= 0.3 is 0 Å². The van der Waals surface area contributed by atoms with Gasteiger partial charge in [-0.1, -0.05) is 48.7 Å². The van der Waals surface area contributed by atoms with Gasteiger partial charge in [-0.3, -0.25) is 4.79 Å². The standard InChI is InChI=1S/C4H6Cl3NO.C2H6/c1-2-8-3(9)4(5,6)7;1-2/h2H2,1H3,(H,8,9);1-2H3. The van der Waals surface area contributed by atoms with Gasteiger partial charge in [-0.15, -0.1) is 0 Å². The lowest BCUT2D eigenvalue weighted by Gasteiger charge is -2.08. The number of amides is 1. The van der Waals surface area contributed by atoms with E-state index >= 15 is 0 Å². The summed E-state index contributed by atoms with van der Waals surface area (Å²) in [6.45, 7) is 6.21. The summed E-state index contributed by atoms with van der Waals surface area (Å²) in [6, 6.07) is 0. The Balaban J connectivity index is 0. The second-order valence-electron chi connectivity index (χ2n) is 1.36. The number of halogens is 3. The highest BCUT2D eigenvalue weighted by atomic mass is 35.6. The van der Waals surface area contributed by atoms with Crippen molar-refractivity contribution < 1.29 is 4.79 Å². The lowest BCUT2D eigenvalue weighted by Crippen LogP contribution is -2.34. The molecule has 0 saturated carbocycles. The van der Waals surface area contributed by atoms with Gasteiger partial charge in [-0.05, 0) is 6.92 Å². The number of nitrogens with one attached hydrogen (secondary N) is 1. The Bertz CT molecular complexity index is 111. The highest BCUT2D eigenvalue weighted by molar-refractivity contribution is 6.76. The van der Waals surface area contributed by atoms with Crippen molar-refractivity contribution in [2.24, 2.45) is 0 Å². The molecule has 0 fully saturated rings. The predicted molar refractivity (Wildman–Crippen MR) is 50.3 cm³/mol. The van der Waals surface area contributed by atoms with E-state index in [1.165, 1.54) is 0 Å². The van der Waals surface area contributed by atoms with E-state index in [2.05, 4.69) is 5.32 Å². The van der Waals surface area contributed by atoms with E-state index < -0.39 is 9.70 Å². The largest absolute Gasteiger partial charge is 0.353 e. The van der Waals surface area contributed by atoms with Gasteiger partial charge in [0.15, 0.2) is 0 Å². The van der Waals surface area contributed by atoms with Crippen LogP contribution >= 0.6 is 34.8 Å². The Kier molecular flexibility index (Phi) is 8.86. The van der Waals surface area contributed by atoms with Crippen molar-refractivity contribution in [3.05, 3.63) is 0 Å². The van der Waals surface area contributed by atoms with Crippen LogP contribution in [-0.4, -0.2) is 16.2 Å². The Labute approximate surface area is 82.2 Å². The first-order valence-corrected chi connectivity index (χ1v) is 4.47. The second kappa shape index (κ2) is 7.01. The Morgan fingerprint density at radius 1 is 1.36 bits per heavy atom. The second-order valence-corrected chi connectivity index (χ2v) is 3.64. The minimum absolute atomic E-state index is 0.465. The number of hydrogen-bond donors (Lipinski definition) is 1. The first-order chi connectivity index (χ1) is 4.98. The summed E-state index contributed by atoms with van der Waals surface area (Å²) < 4.78 is -1.82. The van der Waals surface area contributed by atoms with Gasteiger partial charge in [0.05, 0.1) is 0 Å². The molecule has 0 aromatic heterocycles. The molecule has 2 nitrogen and oxygen atoms in total. The maximum atomic E-state index is 10.6. The molecular formula is C6H12Cl3NO. The number of hydrogen-bond acceptors (Lipinski definition) is 1. The van der Waals surface area contributed by atoms with Crippen molar-refractivity contribution in [1.29, 1.82) is 0 Å². The zero-order valence-electron chi connectivity index (χ0n) is 6.75. The molecule has 0 radical (unpaired) electrons. The van der Waals surface area contributed by atoms with Crippen LogP contribution in [0.2, 0.25) is 0 Å². The van der Waals surface area contributed by atoms with Gasteiger partial charge in [0.25, 0.3) is 9.70 Å². The van der Waals surface area contributed by atoms with E-state index in [9.17, 15) is 4.79 Å². The van der Waals surface area contributed by atoms with Crippen LogP contribution in [0, 0.1) is 0 Å².